The van der Waals surface area contributed by atoms with Crippen molar-refractivity contribution >= 4 is 34.1 Å². The number of hydrogen-bond acceptors (Lipinski definition) is 8. The zero-order valence-electron chi connectivity index (χ0n) is 14.8. The maximum absolute atomic E-state index is 12.5. The van der Waals surface area contributed by atoms with Crippen molar-refractivity contribution in [2.24, 2.45) is 0 Å². The molecule has 0 saturated carbocycles. The van der Waals surface area contributed by atoms with Gasteiger partial charge in [-0.3, -0.25) is 4.79 Å². The molecule has 8 nitrogen and oxygen atoms in total. The van der Waals surface area contributed by atoms with Crippen LogP contribution in [0.4, 0.5) is 5.13 Å². The lowest BCUT2D eigenvalue weighted by Gasteiger charge is -2.09. The molecule has 1 aromatic carbocycles. The summed E-state index contributed by atoms with van der Waals surface area (Å²) in [5.74, 6) is 6.74. The number of nitrogens with one attached hydrogen (secondary N) is 1. The summed E-state index contributed by atoms with van der Waals surface area (Å²) in [7, 11) is 0. The van der Waals surface area contributed by atoms with Gasteiger partial charge in [-0.2, -0.15) is 0 Å². The zero-order chi connectivity index (χ0) is 19.5. The Labute approximate surface area is 168 Å². The minimum atomic E-state index is -0.444. The SMILES string of the molecule is C[C@H](Sc1nnc(-c2ccco2)n1N)C(=O)Nc1nc(-c2ccccc2)cs1. The molecule has 4 rings (SSSR count). The van der Waals surface area contributed by atoms with E-state index in [0.29, 0.717) is 21.9 Å². The van der Waals surface area contributed by atoms with Gasteiger partial charge in [-0.05, 0) is 19.1 Å². The summed E-state index contributed by atoms with van der Waals surface area (Å²) >= 11 is 2.59. The average Bonchev–Trinajstić information content (AvgIpc) is 3.45. The van der Waals surface area contributed by atoms with Gasteiger partial charge < -0.3 is 15.6 Å². The molecule has 3 aromatic heterocycles. The summed E-state index contributed by atoms with van der Waals surface area (Å²) in [6.07, 6.45) is 1.53. The lowest BCUT2D eigenvalue weighted by atomic mass is 10.2. The first kappa shape index (κ1) is 18.3. The van der Waals surface area contributed by atoms with Crippen molar-refractivity contribution in [1.29, 1.82) is 0 Å². The third-order valence-electron chi connectivity index (χ3n) is 3.86. The Hall–Kier alpha value is -3.11. The fraction of sp³-hybridized carbons (Fsp3) is 0.111. The van der Waals surface area contributed by atoms with Gasteiger partial charge in [-0.1, -0.05) is 42.1 Å². The Morgan fingerprint density at radius 3 is 2.82 bits per heavy atom. The summed E-state index contributed by atoms with van der Waals surface area (Å²) in [6, 6.07) is 13.3. The van der Waals surface area contributed by atoms with Gasteiger partial charge in [-0.25, -0.2) is 9.66 Å². The van der Waals surface area contributed by atoms with Gasteiger partial charge in [0.25, 0.3) is 0 Å². The fourth-order valence-corrected chi connectivity index (χ4v) is 3.92. The van der Waals surface area contributed by atoms with E-state index in [9.17, 15) is 4.79 Å². The van der Waals surface area contributed by atoms with Crippen LogP contribution in [0.1, 0.15) is 6.92 Å². The first-order valence-electron chi connectivity index (χ1n) is 8.34. The molecule has 0 aliphatic carbocycles. The van der Waals surface area contributed by atoms with Crippen LogP contribution in [0.25, 0.3) is 22.8 Å². The normalized spacial score (nSPS) is 12.0. The highest BCUT2D eigenvalue weighted by atomic mass is 32.2. The molecule has 0 bridgehead atoms. The number of amides is 1. The molecule has 0 aliphatic heterocycles. The number of thioether (sulfide) groups is 1. The van der Waals surface area contributed by atoms with Gasteiger partial charge in [0.05, 0.1) is 17.2 Å². The number of nitrogens with two attached hydrogens (primary N) is 1. The molecule has 28 heavy (non-hydrogen) atoms. The maximum Gasteiger partial charge on any atom is 0.239 e. The standard InChI is InChI=1S/C18H16N6O2S2/c1-11(28-18-23-22-15(24(18)19)14-8-5-9-26-14)16(25)21-17-20-13(10-27-17)12-6-3-2-4-7-12/h2-11H,19H2,1H3,(H,20,21,25)/t11-/m0/s1. The summed E-state index contributed by atoms with van der Waals surface area (Å²) in [4.78, 5) is 17.0. The highest BCUT2D eigenvalue weighted by molar-refractivity contribution is 8.00. The summed E-state index contributed by atoms with van der Waals surface area (Å²) in [5, 5.41) is 13.3. The molecule has 3 N–H and O–H groups in total. The third kappa shape index (κ3) is 3.78. The minimum absolute atomic E-state index is 0.193. The average molecular weight is 413 g/mol. The second-order valence-corrected chi connectivity index (χ2v) is 7.97. The molecule has 1 amide bonds. The molecule has 0 spiro atoms. The largest absolute Gasteiger partial charge is 0.461 e. The number of carbonyl (C=O) groups excluding carboxylic acids is 1. The predicted octanol–water partition coefficient (Wildman–Crippen LogP) is 3.49. The monoisotopic (exact) mass is 412 g/mol. The van der Waals surface area contributed by atoms with E-state index in [2.05, 4.69) is 20.5 Å². The van der Waals surface area contributed by atoms with Crippen LogP contribution in [0.3, 0.4) is 0 Å². The van der Waals surface area contributed by atoms with Crippen molar-refractivity contribution < 1.29 is 9.21 Å². The molecule has 0 aliphatic rings. The molecule has 0 radical (unpaired) electrons. The first-order chi connectivity index (χ1) is 13.6. The van der Waals surface area contributed by atoms with Crippen LogP contribution in [-0.2, 0) is 4.79 Å². The predicted molar refractivity (Wildman–Crippen MR) is 109 cm³/mol. The second kappa shape index (κ2) is 7.87. The van der Waals surface area contributed by atoms with Gasteiger partial charge >= 0.3 is 0 Å². The lowest BCUT2D eigenvalue weighted by Crippen LogP contribution is -2.23. The Morgan fingerprint density at radius 1 is 1.25 bits per heavy atom. The van der Waals surface area contributed by atoms with Crippen LogP contribution >= 0.6 is 23.1 Å². The molecule has 1 atom stereocenters. The van der Waals surface area contributed by atoms with Gasteiger partial charge in [0.15, 0.2) is 10.9 Å². The van der Waals surface area contributed by atoms with Crippen LogP contribution < -0.4 is 11.2 Å². The summed E-state index contributed by atoms with van der Waals surface area (Å²) < 4.78 is 6.59. The van der Waals surface area contributed by atoms with Crippen molar-refractivity contribution in [2.45, 2.75) is 17.3 Å². The van der Waals surface area contributed by atoms with E-state index in [1.54, 1.807) is 19.1 Å². The van der Waals surface area contributed by atoms with E-state index in [1.807, 2.05) is 35.7 Å². The quantitative estimate of drug-likeness (QED) is 0.368. The van der Waals surface area contributed by atoms with Crippen molar-refractivity contribution in [3.63, 3.8) is 0 Å². The number of rotatable bonds is 6. The van der Waals surface area contributed by atoms with Crippen LogP contribution in [-0.4, -0.2) is 31.0 Å². The summed E-state index contributed by atoms with van der Waals surface area (Å²) in [5.41, 5.74) is 1.83. The Bertz CT molecular complexity index is 1070. The smallest absolute Gasteiger partial charge is 0.239 e. The van der Waals surface area contributed by atoms with E-state index in [-0.39, 0.29) is 5.91 Å². The van der Waals surface area contributed by atoms with Crippen molar-refractivity contribution in [3.8, 4) is 22.8 Å². The number of nitrogen functional groups attached to an aromatic ring is 1. The number of furan rings is 1. The number of thiazole rings is 1. The van der Waals surface area contributed by atoms with Crippen LogP contribution in [0.15, 0.2) is 63.7 Å². The van der Waals surface area contributed by atoms with E-state index in [1.165, 1.54) is 34.0 Å². The van der Waals surface area contributed by atoms with E-state index in [0.717, 1.165) is 11.3 Å². The molecular weight excluding hydrogens is 396 g/mol. The zero-order valence-corrected chi connectivity index (χ0v) is 16.4. The Balaban J connectivity index is 1.41. The molecule has 0 fully saturated rings. The number of anilines is 1. The van der Waals surface area contributed by atoms with Crippen LogP contribution in [0.2, 0.25) is 0 Å². The molecule has 10 heteroatoms. The number of aromatic nitrogens is 4. The number of benzene rings is 1. The molecule has 142 valence electrons. The molecule has 3 heterocycles. The van der Waals surface area contributed by atoms with Gasteiger partial charge in [0.1, 0.15) is 0 Å². The number of carbonyl (C=O) groups is 1. The Kier molecular flexibility index (Phi) is 5.13. The first-order valence-corrected chi connectivity index (χ1v) is 10.1. The number of hydrogen-bond donors (Lipinski definition) is 2. The summed E-state index contributed by atoms with van der Waals surface area (Å²) in [6.45, 7) is 1.77. The third-order valence-corrected chi connectivity index (χ3v) is 5.68. The second-order valence-electron chi connectivity index (χ2n) is 5.81. The highest BCUT2D eigenvalue weighted by Gasteiger charge is 2.21. The number of nitrogens with zero attached hydrogens (tertiary/aromatic N) is 4. The molecule has 0 saturated heterocycles. The van der Waals surface area contributed by atoms with Gasteiger partial charge in [0.2, 0.25) is 16.9 Å². The van der Waals surface area contributed by atoms with Crippen molar-refractivity contribution in [3.05, 3.63) is 54.1 Å². The molecule has 4 aromatic rings. The molecular formula is C18H16N6O2S2. The van der Waals surface area contributed by atoms with Crippen molar-refractivity contribution in [1.82, 2.24) is 19.9 Å². The highest BCUT2D eigenvalue weighted by Crippen LogP contribution is 2.27. The maximum atomic E-state index is 12.5. The molecule has 0 unspecified atom stereocenters. The topological polar surface area (TPSA) is 112 Å². The van der Waals surface area contributed by atoms with Crippen LogP contribution in [0.5, 0.6) is 0 Å². The van der Waals surface area contributed by atoms with E-state index >= 15 is 0 Å². The van der Waals surface area contributed by atoms with Gasteiger partial charge in [0, 0.05) is 10.9 Å². The van der Waals surface area contributed by atoms with Crippen LogP contribution in [0, 0.1) is 0 Å². The van der Waals surface area contributed by atoms with Crippen molar-refractivity contribution in [2.75, 3.05) is 11.2 Å². The lowest BCUT2D eigenvalue weighted by molar-refractivity contribution is -0.115. The fourth-order valence-electron chi connectivity index (χ4n) is 2.42. The Morgan fingerprint density at radius 2 is 2.07 bits per heavy atom. The van der Waals surface area contributed by atoms with Gasteiger partial charge in [-0.15, -0.1) is 21.5 Å². The van der Waals surface area contributed by atoms with E-state index < -0.39 is 5.25 Å². The van der Waals surface area contributed by atoms with E-state index in [4.69, 9.17) is 10.3 Å². The minimum Gasteiger partial charge on any atom is -0.461 e.